The predicted molar refractivity (Wildman–Crippen MR) is 118 cm³/mol. The van der Waals surface area contributed by atoms with E-state index in [1.165, 1.54) is 0 Å². The number of amides is 3. The highest BCUT2D eigenvalue weighted by Crippen LogP contribution is 2.31. The van der Waals surface area contributed by atoms with Gasteiger partial charge in [0.1, 0.15) is 11.6 Å². The number of aryl methyl sites for hydroxylation is 1. The van der Waals surface area contributed by atoms with Crippen molar-refractivity contribution in [3.63, 3.8) is 0 Å². The molecule has 0 saturated carbocycles. The first-order valence-electron chi connectivity index (χ1n) is 10.9. The van der Waals surface area contributed by atoms with E-state index in [2.05, 4.69) is 10.3 Å². The molecule has 2 fully saturated rings. The Hall–Kier alpha value is -3.35. The zero-order valence-electron chi connectivity index (χ0n) is 17.6. The number of nitrogens with one attached hydrogen (secondary N) is 1. The fraction of sp³-hybridized carbons (Fsp3) is 0.375. The van der Waals surface area contributed by atoms with Crippen LogP contribution in [0.15, 0.2) is 52.9 Å². The Balaban J connectivity index is 1.18. The van der Waals surface area contributed by atoms with Crippen LogP contribution in [0, 0.1) is 6.92 Å². The van der Waals surface area contributed by atoms with Crippen molar-refractivity contribution in [1.82, 2.24) is 15.2 Å². The van der Waals surface area contributed by atoms with Gasteiger partial charge in [-0.15, -0.1) is 0 Å². The molecule has 1 aromatic heterocycles. The van der Waals surface area contributed by atoms with E-state index >= 15 is 0 Å². The maximum absolute atomic E-state index is 12.8. The zero-order chi connectivity index (χ0) is 21.4. The summed E-state index contributed by atoms with van der Waals surface area (Å²) in [6, 6.07) is 14.9. The van der Waals surface area contributed by atoms with Crippen LogP contribution in [-0.2, 0) is 4.79 Å². The molecule has 7 nitrogen and oxygen atoms in total. The predicted octanol–water partition coefficient (Wildman–Crippen LogP) is 3.83. The summed E-state index contributed by atoms with van der Waals surface area (Å²) >= 11 is 0. The van der Waals surface area contributed by atoms with Crippen molar-refractivity contribution >= 4 is 28.7 Å². The van der Waals surface area contributed by atoms with Gasteiger partial charge in [0.25, 0.3) is 0 Å². The zero-order valence-corrected chi connectivity index (χ0v) is 17.6. The Kier molecular flexibility index (Phi) is 5.10. The highest BCUT2D eigenvalue weighted by atomic mass is 16.3. The number of nitrogens with zero attached hydrogens (tertiary/aromatic N) is 3. The normalized spacial score (nSPS) is 19.9. The van der Waals surface area contributed by atoms with E-state index in [0.717, 1.165) is 41.1 Å². The number of hydrogen-bond donors (Lipinski definition) is 1. The number of anilines is 1. The van der Waals surface area contributed by atoms with Gasteiger partial charge in [-0.3, -0.25) is 4.79 Å². The summed E-state index contributed by atoms with van der Waals surface area (Å²) in [4.78, 5) is 33.7. The molecule has 3 aromatic rings. The molecular formula is C24H26N4O3. The molecule has 0 spiro atoms. The van der Waals surface area contributed by atoms with E-state index in [0.29, 0.717) is 26.1 Å². The topological polar surface area (TPSA) is 78.7 Å². The Bertz CT molecular complexity index is 1100. The van der Waals surface area contributed by atoms with E-state index in [1.807, 2.05) is 55.5 Å². The van der Waals surface area contributed by atoms with Crippen LogP contribution in [0.2, 0.25) is 0 Å². The number of benzene rings is 2. The molecule has 0 aliphatic carbocycles. The van der Waals surface area contributed by atoms with Crippen molar-refractivity contribution in [3.8, 4) is 0 Å². The van der Waals surface area contributed by atoms with E-state index < -0.39 is 6.04 Å². The van der Waals surface area contributed by atoms with Crippen LogP contribution in [0.1, 0.15) is 36.6 Å². The van der Waals surface area contributed by atoms with Crippen molar-refractivity contribution in [1.29, 1.82) is 0 Å². The van der Waals surface area contributed by atoms with Gasteiger partial charge in [0.15, 0.2) is 11.5 Å². The van der Waals surface area contributed by atoms with E-state index in [1.54, 1.807) is 9.80 Å². The van der Waals surface area contributed by atoms with Crippen molar-refractivity contribution in [2.75, 3.05) is 24.5 Å². The van der Waals surface area contributed by atoms with Gasteiger partial charge in [-0.2, -0.15) is 0 Å². The van der Waals surface area contributed by atoms with Crippen LogP contribution in [0.4, 0.5) is 10.5 Å². The van der Waals surface area contributed by atoms with Crippen molar-refractivity contribution in [2.24, 2.45) is 0 Å². The smallest absolute Gasteiger partial charge is 0.318 e. The van der Waals surface area contributed by atoms with Crippen LogP contribution < -0.4 is 10.2 Å². The van der Waals surface area contributed by atoms with Gasteiger partial charge in [-0.25, -0.2) is 9.78 Å². The van der Waals surface area contributed by atoms with Gasteiger partial charge in [0.05, 0.1) is 0 Å². The Morgan fingerprint density at radius 3 is 2.55 bits per heavy atom. The molecule has 160 valence electrons. The van der Waals surface area contributed by atoms with E-state index in [9.17, 15) is 9.59 Å². The minimum absolute atomic E-state index is 0.0451. The minimum atomic E-state index is -0.467. The summed E-state index contributed by atoms with van der Waals surface area (Å²) in [5, 5.41) is 2.94. The van der Waals surface area contributed by atoms with Crippen LogP contribution in [-0.4, -0.2) is 47.5 Å². The van der Waals surface area contributed by atoms with Crippen molar-refractivity contribution in [3.05, 3.63) is 60.0 Å². The second-order valence-corrected chi connectivity index (χ2v) is 8.35. The first kappa shape index (κ1) is 19.6. The molecule has 31 heavy (non-hydrogen) atoms. The molecule has 1 atom stereocenters. The maximum atomic E-state index is 12.8. The van der Waals surface area contributed by atoms with Crippen LogP contribution in [0.25, 0.3) is 11.1 Å². The van der Waals surface area contributed by atoms with Gasteiger partial charge in [-0.1, -0.05) is 30.3 Å². The van der Waals surface area contributed by atoms with Gasteiger partial charge >= 0.3 is 6.03 Å². The Morgan fingerprint density at radius 2 is 1.81 bits per heavy atom. The lowest BCUT2D eigenvalue weighted by Crippen LogP contribution is -2.50. The fourth-order valence-electron chi connectivity index (χ4n) is 4.53. The number of hydrogen-bond acceptors (Lipinski definition) is 4. The molecule has 2 aliphatic rings. The molecule has 0 bridgehead atoms. The number of rotatable bonds is 3. The Morgan fingerprint density at radius 1 is 1.03 bits per heavy atom. The number of likely N-dealkylation sites (tertiary alicyclic amines) is 1. The third kappa shape index (κ3) is 3.76. The molecule has 3 amide bonds. The second-order valence-electron chi connectivity index (χ2n) is 8.35. The first-order chi connectivity index (χ1) is 15.1. The molecule has 0 radical (unpaired) electrons. The number of urea groups is 1. The molecule has 2 saturated heterocycles. The Labute approximate surface area is 181 Å². The molecule has 2 aliphatic heterocycles. The van der Waals surface area contributed by atoms with Gasteiger partial charge in [-0.05, 0) is 49.9 Å². The quantitative estimate of drug-likeness (QED) is 0.701. The van der Waals surface area contributed by atoms with E-state index in [4.69, 9.17) is 4.42 Å². The molecule has 5 rings (SSSR count). The first-order valence-corrected chi connectivity index (χ1v) is 10.9. The van der Waals surface area contributed by atoms with Crippen LogP contribution >= 0.6 is 0 Å². The van der Waals surface area contributed by atoms with Crippen LogP contribution in [0.3, 0.4) is 0 Å². The number of piperidine rings is 1. The lowest BCUT2D eigenvalue weighted by Gasteiger charge is -2.31. The van der Waals surface area contributed by atoms with Gasteiger partial charge < -0.3 is 19.5 Å². The molecular weight excluding hydrogens is 392 g/mol. The summed E-state index contributed by atoms with van der Waals surface area (Å²) in [5.41, 5.74) is 3.69. The number of aromatic nitrogens is 1. The molecule has 1 unspecified atom stereocenters. The average Bonchev–Trinajstić information content (AvgIpc) is 3.39. The molecule has 7 heteroatoms. The number of carbonyl (C=O) groups is 2. The average molecular weight is 418 g/mol. The minimum Gasteiger partial charge on any atom is -0.440 e. The monoisotopic (exact) mass is 418 g/mol. The molecule has 2 aromatic carbocycles. The molecule has 1 N–H and O–H groups in total. The van der Waals surface area contributed by atoms with Crippen molar-refractivity contribution < 1.29 is 14.0 Å². The van der Waals surface area contributed by atoms with Gasteiger partial charge in [0.2, 0.25) is 5.91 Å². The third-order valence-corrected chi connectivity index (χ3v) is 6.33. The third-order valence-electron chi connectivity index (χ3n) is 6.33. The SMILES string of the molecule is Cc1cccc2nc(C3CCN(C(=O)NC4CCN(c5ccccc5)C4=O)CC3)oc12. The highest BCUT2D eigenvalue weighted by molar-refractivity contribution is 6.01. The number of carbonyl (C=O) groups excluding carboxylic acids is 2. The number of para-hydroxylation sites is 2. The molecule has 3 heterocycles. The van der Waals surface area contributed by atoms with Crippen LogP contribution in [0.5, 0.6) is 0 Å². The van der Waals surface area contributed by atoms with E-state index in [-0.39, 0.29) is 17.9 Å². The van der Waals surface area contributed by atoms with Crippen molar-refractivity contribution in [2.45, 2.75) is 38.1 Å². The summed E-state index contributed by atoms with van der Waals surface area (Å²) in [5.74, 6) is 0.919. The lowest BCUT2D eigenvalue weighted by atomic mass is 9.97. The number of fused-ring (bicyclic) bond motifs is 1. The second kappa shape index (κ2) is 8.06. The summed E-state index contributed by atoms with van der Waals surface area (Å²) < 4.78 is 6.03. The number of oxazole rings is 1. The highest BCUT2D eigenvalue weighted by Gasteiger charge is 2.35. The summed E-state index contributed by atoms with van der Waals surface area (Å²) in [7, 11) is 0. The maximum Gasteiger partial charge on any atom is 0.318 e. The largest absolute Gasteiger partial charge is 0.440 e. The summed E-state index contributed by atoms with van der Waals surface area (Å²) in [6.45, 7) is 3.88. The summed E-state index contributed by atoms with van der Waals surface area (Å²) in [6.07, 6.45) is 2.22. The standard InChI is InChI=1S/C24H26N4O3/c1-16-6-5-9-19-21(16)31-22(25-19)17-10-13-27(14-11-17)24(30)26-20-12-15-28(23(20)29)18-7-3-2-4-8-18/h2-9,17,20H,10-15H2,1H3,(H,26,30). The van der Waals surface area contributed by atoms with Gasteiger partial charge in [0, 0.05) is 31.2 Å². The fourth-order valence-corrected chi connectivity index (χ4v) is 4.53. The lowest BCUT2D eigenvalue weighted by molar-refractivity contribution is -0.118.